The SMILES string of the molecule is CCC(C)C1(C(=O)O)NC(c2ccc(/C=C/c3ccccc3)cc2)C2C(=O)N(C3CCCCC3)C(=O)C21. The Hall–Kier alpha value is -3.25. The average molecular weight is 501 g/mol. The molecule has 2 aromatic rings. The minimum absolute atomic E-state index is 0.117. The molecule has 5 rings (SSSR count). The number of likely N-dealkylation sites (tertiary alicyclic amines) is 1. The first-order valence-electron chi connectivity index (χ1n) is 13.6. The minimum atomic E-state index is -1.48. The maximum absolute atomic E-state index is 13.9. The Balaban J connectivity index is 1.50. The Labute approximate surface area is 218 Å². The zero-order valence-electron chi connectivity index (χ0n) is 21.6. The quantitative estimate of drug-likeness (QED) is 0.398. The predicted octanol–water partition coefficient (Wildman–Crippen LogP) is 5.30. The number of rotatable bonds is 7. The molecule has 6 nitrogen and oxygen atoms in total. The summed E-state index contributed by atoms with van der Waals surface area (Å²) in [5.41, 5.74) is 1.47. The summed E-state index contributed by atoms with van der Waals surface area (Å²) in [4.78, 5) is 42.1. The van der Waals surface area contributed by atoms with Crippen LogP contribution in [0.3, 0.4) is 0 Å². The van der Waals surface area contributed by atoms with E-state index in [4.69, 9.17) is 0 Å². The molecule has 1 saturated carbocycles. The van der Waals surface area contributed by atoms with Crippen LogP contribution in [0.1, 0.15) is 75.1 Å². The minimum Gasteiger partial charge on any atom is -0.480 e. The van der Waals surface area contributed by atoms with Crippen LogP contribution in [0.15, 0.2) is 54.6 Å². The maximum Gasteiger partial charge on any atom is 0.325 e. The summed E-state index contributed by atoms with van der Waals surface area (Å²) in [7, 11) is 0. The molecule has 0 spiro atoms. The van der Waals surface area contributed by atoms with Crippen LogP contribution in [0.4, 0.5) is 0 Å². The number of imide groups is 1. The fraction of sp³-hybridized carbons (Fsp3) is 0.452. The van der Waals surface area contributed by atoms with E-state index in [1.54, 1.807) is 0 Å². The number of carbonyl (C=O) groups excluding carboxylic acids is 2. The fourth-order valence-corrected chi connectivity index (χ4v) is 6.70. The molecule has 3 fully saturated rings. The first-order valence-corrected chi connectivity index (χ1v) is 13.6. The molecular weight excluding hydrogens is 464 g/mol. The van der Waals surface area contributed by atoms with E-state index < -0.39 is 29.4 Å². The number of hydrogen-bond donors (Lipinski definition) is 2. The van der Waals surface area contributed by atoms with Crippen LogP contribution in [-0.4, -0.2) is 39.4 Å². The van der Waals surface area contributed by atoms with Crippen molar-refractivity contribution in [2.45, 2.75) is 70.0 Å². The van der Waals surface area contributed by atoms with Crippen LogP contribution in [0, 0.1) is 17.8 Å². The number of aliphatic carboxylic acids is 1. The van der Waals surface area contributed by atoms with E-state index >= 15 is 0 Å². The molecule has 2 saturated heterocycles. The van der Waals surface area contributed by atoms with E-state index in [1.165, 1.54) is 4.90 Å². The third-order valence-corrected chi connectivity index (χ3v) is 8.88. The molecule has 5 unspecified atom stereocenters. The highest BCUT2D eigenvalue weighted by molar-refractivity contribution is 6.09. The van der Waals surface area contributed by atoms with Gasteiger partial charge in [0.2, 0.25) is 11.8 Å². The Morgan fingerprint density at radius 2 is 1.62 bits per heavy atom. The fourth-order valence-electron chi connectivity index (χ4n) is 6.70. The van der Waals surface area contributed by atoms with Gasteiger partial charge in [-0.3, -0.25) is 24.6 Å². The Morgan fingerprint density at radius 1 is 1.00 bits per heavy atom. The van der Waals surface area contributed by atoms with Crippen molar-refractivity contribution in [3.05, 3.63) is 71.3 Å². The third-order valence-electron chi connectivity index (χ3n) is 8.88. The topological polar surface area (TPSA) is 86.7 Å². The zero-order valence-corrected chi connectivity index (χ0v) is 21.6. The number of nitrogens with zero attached hydrogens (tertiary/aromatic N) is 1. The largest absolute Gasteiger partial charge is 0.480 e. The van der Waals surface area contributed by atoms with Crippen LogP contribution in [-0.2, 0) is 14.4 Å². The summed E-state index contributed by atoms with van der Waals surface area (Å²) in [5.74, 6) is -3.50. The molecule has 0 bridgehead atoms. The van der Waals surface area contributed by atoms with Crippen LogP contribution >= 0.6 is 0 Å². The molecular formula is C31H36N2O4. The molecule has 6 heteroatoms. The van der Waals surface area contributed by atoms with Crippen molar-refractivity contribution in [1.29, 1.82) is 0 Å². The van der Waals surface area contributed by atoms with Crippen LogP contribution < -0.4 is 5.32 Å². The molecule has 37 heavy (non-hydrogen) atoms. The summed E-state index contributed by atoms with van der Waals surface area (Å²) < 4.78 is 0. The smallest absolute Gasteiger partial charge is 0.325 e. The molecule has 2 aromatic carbocycles. The van der Waals surface area contributed by atoms with E-state index in [9.17, 15) is 19.5 Å². The second kappa shape index (κ2) is 10.3. The molecule has 3 aliphatic rings. The molecule has 1 aliphatic carbocycles. The number of carboxylic acid groups (broad SMARTS) is 1. The van der Waals surface area contributed by atoms with Gasteiger partial charge in [-0.1, -0.05) is 106 Å². The Bertz CT molecular complexity index is 1190. The third kappa shape index (κ3) is 4.31. The van der Waals surface area contributed by atoms with Gasteiger partial charge in [-0.2, -0.15) is 0 Å². The molecule has 0 aromatic heterocycles. The molecule has 2 amide bonds. The van der Waals surface area contributed by atoms with Crippen molar-refractivity contribution < 1.29 is 19.5 Å². The molecule has 2 N–H and O–H groups in total. The molecule has 2 aliphatic heterocycles. The summed E-state index contributed by atoms with van der Waals surface area (Å²) in [6.07, 6.45) is 9.36. The van der Waals surface area contributed by atoms with Crippen LogP contribution in [0.5, 0.6) is 0 Å². The first kappa shape index (κ1) is 25.4. The van der Waals surface area contributed by atoms with Gasteiger partial charge in [0, 0.05) is 12.1 Å². The first-order chi connectivity index (χ1) is 17.9. The van der Waals surface area contributed by atoms with E-state index in [0.717, 1.165) is 48.8 Å². The lowest BCUT2D eigenvalue weighted by molar-refractivity contribution is -0.155. The average Bonchev–Trinajstić information content (AvgIpc) is 3.42. The van der Waals surface area contributed by atoms with Crippen LogP contribution in [0.2, 0.25) is 0 Å². The Kier molecular flexibility index (Phi) is 7.04. The summed E-state index contributed by atoms with van der Waals surface area (Å²) in [6.45, 7) is 3.81. The van der Waals surface area contributed by atoms with Gasteiger partial charge >= 0.3 is 5.97 Å². The van der Waals surface area contributed by atoms with E-state index in [1.807, 2.05) is 80.6 Å². The number of benzene rings is 2. The van der Waals surface area contributed by atoms with Crippen molar-refractivity contribution in [3.8, 4) is 0 Å². The summed E-state index contributed by atoms with van der Waals surface area (Å²) in [5, 5.41) is 13.9. The van der Waals surface area contributed by atoms with Crippen molar-refractivity contribution in [2.75, 3.05) is 0 Å². The predicted molar refractivity (Wildman–Crippen MR) is 143 cm³/mol. The molecule has 5 atom stereocenters. The van der Waals surface area contributed by atoms with Crippen molar-refractivity contribution >= 4 is 29.9 Å². The number of carbonyl (C=O) groups is 3. The van der Waals surface area contributed by atoms with Gasteiger partial charge in [-0.25, -0.2) is 0 Å². The zero-order chi connectivity index (χ0) is 26.2. The van der Waals surface area contributed by atoms with Gasteiger partial charge in [0.1, 0.15) is 5.54 Å². The van der Waals surface area contributed by atoms with E-state index in [0.29, 0.717) is 6.42 Å². The molecule has 0 radical (unpaired) electrons. The monoisotopic (exact) mass is 500 g/mol. The number of nitrogens with one attached hydrogen (secondary N) is 1. The summed E-state index contributed by atoms with van der Waals surface area (Å²) >= 11 is 0. The Morgan fingerprint density at radius 3 is 2.22 bits per heavy atom. The molecule has 194 valence electrons. The van der Waals surface area contributed by atoms with Gasteiger partial charge in [-0.05, 0) is 35.4 Å². The van der Waals surface area contributed by atoms with Gasteiger partial charge in [0.25, 0.3) is 0 Å². The second-order valence-corrected chi connectivity index (χ2v) is 10.9. The highest BCUT2D eigenvalue weighted by atomic mass is 16.4. The number of hydrogen-bond acceptors (Lipinski definition) is 4. The maximum atomic E-state index is 13.9. The van der Waals surface area contributed by atoms with Crippen LogP contribution in [0.25, 0.3) is 12.2 Å². The van der Waals surface area contributed by atoms with E-state index in [-0.39, 0.29) is 23.8 Å². The van der Waals surface area contributed by atoms with Crippen molar-refractivity contribution in [3.63, 3.8) is 0 Å². The lowest BCUT2D eigenvalue weighted by atomic mass is 9.72. The number of fused-ring (bicyclic) bond motifs is 1. The lowest BCUT2D eigenvalue weighted by Crippen LogP contribution is -2.60. The number of amides is 2. The normalized spacial score (nSPS) is 29.1. The van der Waals surface area contributed by atoms with Gasteiger partial charge in [0.05, 0.1) is 11.8 Å². The van der Waals surface area contributed by atoms with Crippen molar-refractivity contribution in [1.82, 2.24) is 10.2 Å². The highest BCUT2D eigenvalue weighted by Crippen LogP contribution is 2.53. The molecule has 2 heterocycles. The van der Waals surface area contributed by atoms with E-state index in [2.05, 4.69) is 5.32 Å². The standard InChI is InChI=1S/C31H36N2O4/c1-3-20(2)31(30(36)37)26-25(28(34)33(29(26)35)24-12-8-5-9-13-24)27(32-31)23-18-16-22(17-19-23)15-14-21-10-6-4-7-11-21/h4,6-7,10-11,14-20,24-27,32H,3,5,8-9,12-13H2,1-2H3,(H,36,37)/b15-14+. The van der Waals surface area contributed by atoms with Crippen molar-refractivity contribution in [2.24, 2.45) is 17.8 Å². The van der Waals surface area contributed by atoms with Gasteiger partial charge in [0.15, 0.2) is 0 Å². The second-order valence-electron chi connectivity index (χ2n) is 10.9. The van der Waals surface area contributed by atoms with Gasteiger partial charge in [-0.15, -0.1) is 0 Å². The summed E-state index contributed by atoms with van der Waals surface area (Å²) in [6, 6.07) is 17.3. The number of carboxylic acids is 1. The lowest BCUT2D eigenvalue weighted by Gasteiger charge is -2.37. The van der Waals surface area contributed by atoms with Gasteiger partial charge < -0.3 is 5.11 Å². The highest BCUT2D eigenvalue weighted by Gasteiger charge is 2.70.